The largest absolute Gasteiger partial charge is 0.309 e. The standard InChI is InChI=1S/C27H36N4O3S2.ClH/c1-5-21-9-14-24-25(18-21)35-27(28-24)31(17-7-15-29(3)4)26(32)22-10-12-23(13-11-22)36(33,34)30-16-6-8-20(2)19-30;/h9-14,18,20H,5-8,15-17,19H2,1-4H3;1H. The Morgan fingerprint density at radius 2 is 1.86 bits per heavy atom. The van der Waals surface area contributed by atoms with E-state index in [0.29, 0.717) is 36.2 Å². The predicted molar refractivity (Wildman–Crippen MR) is 155 cm³/mol. The highest BCUT2D eigenvalue weighted by molar-refractivity contribution is 7.89. The maximum atomic E-state index is 13.6. The molecule has 1 unspecified atom stereocenters. The van der Waals surface area contributed by atoms with Gasteiger partial charge in [-0.15, -0.1) is 12.4 Å². The van der Waals surface area contributed by atoms with E-state index in [9.17, 15) is 13.2 Å². The second-order valence-corrected chi connectivity index (χ2v) is 12.8. The number of thiazole rings is 1. The minimum atomic E-state index is -3.56. The minimum absolute atomic E-state index is 0. The zero-order valence-corrected chi connectivity index (χ0v) is 24.5. The average molecular weight is 565 g/mol. The first-order valence-corrected chi connectivity index (χ1v) is 14.9. The Morgan fingerprint density at radius 1 is 1.14 bits per heavy atom. The quantitative estimate of drug-likeness (QED) is 0.352. The van der Waals surface area contributed by atoms with Crippen molar-refractivity contribution < 1.29 is 13.2 Å². The van der Waals surface area contributed by atoms with Gasteiger partial charge in [0.05, 0.1) is 15.1 Å². The monoisotopic (exact) mass is 564 g/mol. The van der Waals surface area contributed by atoms with Gasteiger partial charge < -0.3 is 4.90 Å². The number of nitrogens with zero attached hydrogens (tertiary/aromatic N) is 4. The van der Waals surface area contributed by atoms with Gasteiger partial charge in [0, 0.05) is 25.2 Å². The third kappa shape index (κ3) is 6.89. The van der Waals surface area contributed by atoms with E-state index in [1.807, 2.05) is 20.2 Å². The number of hydrogen-bond acceptors (Lipinski definition) is 6. The number of aromatic nitrogens is 1. The van der Waals surface area contributed by atoms with Crippen LogP contribution in [0.1, 0.15) is 49.0 Å². The zero-order chi connectivity index (χ0) is 25.9. The third-order valence-corrected chi connectivity index (χ3v) is 9.59. The van der Waals surface area contributed by atoms with Crippen LogP contribution in [0.2, 0.25) is 0 Å². The van der Waals surface area contributed by atoms with Gasteiger partial charge in [0.2, 0.25) is 10.0 Å². The van der Waals surface area contributed by atoms with Gasteiger partial charge in [-0.1, -0.05) is 31.3 Å². The first-order valence-electron chi connectivity index (χ1n) is 12.7. The number of carbonyl (C=O) groups is 1. The number of fused-ring (bicyclic) bond motifs is 1. The summed E-state index contributed by atoms with van der Waals surface area (Å²) < 4.78 is 28.9. The Kier molecular flexibility index (Phi) is 10.1. The number of amides is 1. The van der Waals surface area contributed by atoms with E-state index in [1.165, 1.54) is 16.9 Å². The van der Waals surface area contributed by atoms with Gasteiger partial charge in [0.15, 0.2) is 5.13 Å². The number of benzene rings is 2. The van der Waals surface area contributed by atoms with E-state index >= 15 is 0 Å². The van der Waals surface area contributed by atoms with Gasteiger partial charge in [-0.3, -0.25) is 9.69 Å². The average Bonchev–Trinajstić information content (AvgIpc) is 3.29. The van der Waals surface area contributed by atoms with Crippen LogP contribution in [0, 0.1) is 5.92 Å². The van der Waals surface area contributed by atoms with Crippen LogP contribution in [-0.4, -0.2) is 68.8 Å². The number of carbonyl (C=O) groups excluding carboxylic acids is 1. The molecule has 1 atom stereocenters. The third-order valence-electron chi connectivity index (χ3n) is 6.67. The molecule has 0 aliphatic carbocycles. The summed E-state index contributed by atoms with van der Waals surface area (Å²) >= 11 is 1.52. The summed E-state index contributed by atoms with van der Waals surface area (Å²) in [6.45, 7) is 6.67. The second kappa shape index (κ2) is 12.7. The topological polar surface area (TPSA) is 73.8 Å². The number of sulfonamides is 1. The van der Waals surface area contributed by atoms with E-state index in [4.69, 9.17) is 4.98 Å². The smallest absolute Gasteiger partial charge is 0.260 e. The number of piperidine rings is 1. The Bertz CT molecular complexity index is 1310. The van der Waals surface area contributed by atoms with Crippen molar-refractivity contribution in [1.82, 2.24) is 14.2 Å². The van der Waals surface area contributed by atoms with Crippen molar-refractivity contribution in [3.8, 4) is 0 Å². The molecular formula is C27H37ClN4O3S2. The summed E-state index contributed by atoms with van der Waals surface area (Å²) in [7, 11) is 0.460. The van der Waals surface area contributed by atoms with Gasteiger partial charge in [0.25, 0.3) is 5.91 Å². The normalized spacial score (nSPS) is 16.6. The SMILES string of the molecule is CCc1ccc2nc(N(CCCN(C)C)C(=O)c3ccc(S(=O)(=O)N4CCCC(C)C4)cc3)sc2c1.Cl. The molecular weight excluding hydrogens is 528 g/mol. The fraction of sp³-hybridized carbons (Fsp3) is 0.481. The summed E-state index contributed by atoms with van der Waals surface area (Å²) in [4.78, 5) is 22.5. The Morgan fingerprint density at radius 3 is 2.51 bits per heavy atom. The maximum absolute atomic E-state index is 13.6. The minimum Gasteiger partial charge on any atom is -0.309 e. The van der Waals surface area contributed by atoms with Crippen molar-refractivity contribution in [2.24, 2.45) is 5.92 Å². The molecule has 3 aromatic rings. The lowest BCUT2D eigenvalue weighted by atomic mass is 10.0. The fourth-order valence-electron chi connectivity index (χ4n) is 4.56. The van der Waals surface area contributed by atoms with Crippen molar-refractivity contribution in [1.29, 1.82) is 0 Å². The van der Waals surface area contributed by atoms with Crippen LogP contribution < -0.4 is 4.90 Å². The molecule has 4 rings (SSSR count). The number of hydrogen-bond donors (Lipinski definition) is 0. The molecule has 202 valence electrons. The van der Waals surface area contributed by atoms with Gasteiger partial charge in [-0.05, 0) is 94.2 Å². The van der Waals surface area contributed by atoms with Crippen LogP contribution >= 0.6 is 23.7 Å². The highest BCUT2D eigenvalue weighted by Gasteiger charge is 2.29. The molecule has 0 bridgehead atoms. The molecule has 2 heterocycles. The fourth-order valence-corrected chi connectivity index (χ4v) is 7.21. The Labute approximate surface area is 230 Å². The van der Waals surface area contributed by atoms with Crippen LogP contribution in [0.25, 0.3) is 10.2 Å². The highest BCUT2D eigenvalue weighted by Crippen LogP contribution is 2.31. The molecule has 0 radical (unpaired) electrons. The molecule has 0 N–H and O–H groups in total. The van der Waals surface area contributed by atoms with Crippen molar-refractivity contribution >= 4 is 55.0 Å². The van der Waals surface area contributed by atoms with Crippen molar-refractivity contribution in [3.63, 3.8) is 0 Å². The molecule has 1 aliphatic heterocycles. The molecule has 1 amide bonds. The zero-order valence-electron chi connectivity index (χ0n) is 22.0. The molecule has 10 heteroatoms. The van der Waals surface area contributed by atoms with E-state index in [2.05, 4.69) is 30.9 Å². The van der Waals surface area contributed by atoms with Gasteiger partial charge in [-0.2, -0.15) is 4.31 Å². The van der Waals surface area contributed by atoms with Crippen LogP contribution in [-0.2, 0) is 16.4 Å². The van der Waals surface area contributed by atoms with Crippen molar-refractivity contribution in [2.45, 2.75) is 44.4 Å². The van der Waals surface area contributed by atoms with Crippen LogP contribution in [0.5, 0.6) is 0 Å². The molecule has 1 saturated heterocycles. The summed E-state index contributed by atoms with van der Waals surface area (Å²) in [5, 5.41) is 0.668. The maximum Gasteiger partial charge on any atom is 0.260 e. The number of halogens is 1. The number of rotatable bonds is 9. The second-order valence-electron chi connectivity index (χ2n) is 9.90. The summed E-state index contributed by atoms with van der Waals surface area (Å²) in [6, 6.07) is 12.6. The number of anilines is 1. The molecule has 0 spiro atoms. The lowest BCUT2D eigenvalue weighted by molar-refractivity contribution is 0.0986. The van der Waals surface area contributed by atoms with E-state index in [1.54, 1.807) is 33.5 Å². The lowest BCUT2D eigenvalue weighted by Crippen LogP contribution is -2.39. The van der Waals surface area contributed by atoms with Crippen LogP contribution in [0.15, 0.2) is 47.4 Å². The Balaban J connectivity index is 0.00000380. The van der Waals surface area contributed by atoms with Gasteiger partial charge in [-0.25, -0.2) is 13.4 Å². The first-order chi connectivity index (χ1) is 17.2. The van der Waals surface area contributed by atoms with Crippen LogP contribution in [0.3, 0.4) is 0 Å². The summed E-state index contributed by atoms with van der Waals surface area (Å²) in [5.74, 6) is 0.186. The first kappa shape index (κ1) is 29.5. The van der Waals surface area contributed by atoms with E-state index < -0.39 is 10.0 Å². The highest BCUT2D eigenvalue weighted by atomic mass is 35.5. The molecule has 37 heavy (non-hydrogen) atoms. The summed E-state index contributed by atoms with van der Waals surface area (Å²) in [5.41, 5.74) is 2.58. The Hall–Kier alpha value is -2.04. The van der Waals surface area contributed by atoms with E-state index in [-0.39, 0.29) is 23.2 Å². The summed E-state index contributed by atoms with van der Waals surface area (Å²) in [6.07, 6.45) is 3.67. The van der Waals surface area contributed by atoms with Gasteiger partial charge >= 0.3 is 0 Å². The van der Waals surface area contributed by atoms with Crippen molar-refractivity contribution in [3.05, 3.63) is 53.6 Å². The van der Waals surface area contributed by atoms with E-state index in [0.717, 1.165) is 42.4 Å². The van der Waals surface area contributed by atoms with Crippen LogP contribution in [0.4, 0.5) is 5.13 Å². The molecule has 7 nitrogen and oxygen atoms in total. The lowest BCUT2D eigenvalue weighted by Gasteiger charge is -2.30. The molecule has 1 aromatic heterocycles. The molecule has 2 aromatic carbocycles. The molecule has 1 fully saturated rings. The van der Waals surface area contributed by atoms with Crippen molar-refractivity contribution in [2.75, 3.05) is 45.2 Å². The molecule has 1 aliphatic rings. The molecule has 0 saturated carbocycles. The number of aryl methyl sites for hydroxylation is 1. The van der Waals surface area contributed by atoms with Gasteiger partial charge in [0.1, 0.15) is 0 Å². The predicted octanol–water partition coefficient (Wildman–Crippen LogP) is 5.30.